The van der Waals surface area contributed by atoms with Gasteiger partial charge in [0.2, 0.25) is 5.91 Å². The van der Waals surface area contributed by atoms with E-state index in [0.29, 0.717) is 6.54 Å². The molecule has 174 valence electrons. The fraction of sp³-hybridized carbons (Fsp3) is 0.462. The van der Waals surface area contributed by atoms with Crippen molar-refractivity contribution in [1.82, 2.24) is 14.8 Å². The van der Waals surface area contributed by atoms with Crippen molar-refractivity contribution in [3.8, 4) is 11.5 Å². The van der Waals surface area contributed by atoms with Crippen LogP contribution in [0, 0.1) is 0 Å². The molecule has 0 N–H and O–H groups in total. The van der Waals surface area contributed by atoms with E-state index >= 15 is 0 Å². The first-order valence-electron chi connectivity index (χ1n) is 11.8. The highest BCUT2D eigenvalue weighted by Gasteiger charge is 2.35. The largest absolute Gasteiger partial charge is 0.497 e. The van der Waals surface area contributed by atoms with Crippen LogP contribution in [0.15, 0.2) is 42.5 Å². The number of hydrogen-bond donors (Lipinski definition) is 0. The summed E-state index contributed by atoms with van der Waals surface area (Å²) in [5.74, 6) is 1.79. The highest BCUT2D eigenvalue weighted by molar-refractivity contribution is 7.18. The molecule has 0 aliphatic carbocycles. The third-order valence-electron chi connectivity index (χ3n) is 6.92. The van der Waals surface area contributed by atoms with Gasteiger partial charge in [0, 0.05) is 12.1 Å². The highest BCUT2D eigenvalue weighted by Crippen LogP contribution is 2.40. The van der Waals surface area contributed by atoms with E-state index in [1.807, 2.05) is 29.2 Å². The van der Waals surface area contributed by atoms with Crippen LogP contribution in [-0.2, 0) is 4.79 Å². The van der Waals surface area contributed by atoms with Gasteiger partial charge in [0.1, 0.15) is 16.5 Å². The first kappa shape index (κ1) is 22.2. The molecule has 2 atom stereocenters. The zero-order chi connectivity index (χ0) is 22.8. The van der Waals surface area contributed by atoms with Gasteiger partial charge in [-0.05, 0) is 62.6 Å². The van der Waals surface area contributed by atoms with Gasteiger partial charge >= 0.3 is 0 Å². The van der Waals surface area contributed by atoms with Crippen LogP contribution in [0.4, 0.5) is 0 Å². The Bertz CT molecular complexity index is 1100. The molecular formula is C26H31N3O3S. The smallest absolute Gasteiger partial charge is 0.237 e. The van der Waals surface area contributed by atoms with Crippen molar-refractivity contribution in [3.63, 3.8) is 0 Å². The molecular weight excluding hydrogens is 434 g/mol. The zero-order valence-electron chi connectivity index (χ0n) is 19.3. The fourth-order valence-electron chi connectivity index (χ4n) is 5.25. The van der Waals surface area contributed by atoms with Crippen LogP contribution < -0.4 is 9.47 Å². The summed E-state index contributed by atoms with van der Waals surface area (Å²) in [7, 11) is 3.35. The second kappa shape index (κ2) is 9.69. The Morgan fingerprint density at radius 2 is 1.88 bits per heavy atom. The molecule has 6 nitrogen and oxygen atoms in total. The van der Waals surface area contributed by atoms with Gasteiger partial charge in [-0.2, -0.15) is 0 Å². The molecule has 0 unspecified atom stereocenters. The van der Waals surface area contributed by atoms with E-state index in [2.05, 4.69) is 23.1 Å². The molecule has 0 saturated carbocycles. The summed E-state index contributed by atoms with van der Waals surface area (Å²) >= 11 is 1.77. The molecule has 3 aromatic rings. The Labute approximate surface area is 199 Å². The SMILES string of the molecule is COc1ccc(OC)c([C@H]2CCCN2C(=O)CN2CCCC[C@H]2c2nc3ccccc3s2)c1. The van der Waals surface area contributed by atoms with Crippen LogP contribution in [-0.4, -0.2) is 54.5 Å². The number of carbonyl (C=O) groups is 1. The van der Waals surface area contributed by atoms with Crippen molar-refractivity contribution < 1.29 is 14.3 Å². The van der Waals surface area contributed by atoms with E-state index in [4.69, 9.17) is 14.5 Å². The van der Waals surface area contributed by atoms with Crippen molar-refractivity contribution >= 4 is 27.5 Å². The predicted octanol–water partition coefficient (Wildman–Crippen LogP) is 5.20. The number of hydrogen-bond acceptors (Lipinski definition) is 6. The number of ether oxygens (including phenoxy) is 2. The van der Waals surface area contributed by atoms with Crippen LogP contribution in [0.25, 0.3) is 10.2 Å². The van der Waals surface area contributed by atoms with Gasteiger partial charge in [0.05, 0.1) is 43.1 Å². The summed E-state index contributed by atoms with van der Waals surface area (Å²) in [5, 5.41) is 1.14. The number of methoxy groups -OCH3 is 2. The summed E-state index contributed by atoms with van der Waals surface area (Å²) in [6.45, 7) is 2.15. The minimum atomic E-state index is 0.0215. The van der Waals surface area contributed by atoms with Crippen LogP contribution in [0.5, 0.6) is 11.5 Å². The monoisotopic (exact) mass is 465 g/mol. The van der Waals surface area contributed by atoms with Gasteiger partial charge < -0.3 is 14.4 Å². The van der Waals surface area contributed by atoms with E-state index in [0.717, 1.165) is 66.4 Å². The quantitative estimate of drug-likeness (QED) is 0.501. The van der Waals surface area contributed by atoms with Crippen LogP contribution in [0.1, 0.15) is 54.8 Å². The number of aromatic nitrogens is 1. The lowest BCUT2D eigenvalue weighted by Crippen LogP contribution is -2.43. The minimum Gasteiger partial charge on any atom is -0.497 e. The Morgan fingerprint density at radius 1 is 1.03 bits per heavy atom. The summed E-state index contributed by atoms with van der Waals surface area (Å²) in [6, 6.07) is 14.4. The Morgan fingerprint density at radius 3 is 2.70 bits per heavy atom. The average Bonchev–Trinajstić information content (AvgIpc) is 3.51. The molecule has 0 radical (unpaired) electrons. The van der Waals surface area contributed by atoms with Crippen LogP contribution in [0.3, 0.4) is 0 Å². The number of para-hydroxylation sites is 1. The first-order valence-corrected chi connectivity index (χ1v) is 12.6. The molecule has 2 aliphatic heterocycles. The number of carbonyl (C=O) groups excluding carboxylic acids is 1. The van der Waals surface area contributed by atoms with Gasteiger partial charge in [-0.3, -0.25) is 9.69 Å². The maximum atomic E-state index is 13.6. The molecule has 33 heavy (non-hydrogen) atoms. The lowest BCUT2D eigenvalue weighted by molar-refractivity contribution is -0.134. The van der Waals surface area contributed by atoms with E-state index in [-0.39, 0.29) is 18.0 Å². The maximum Gasteiger partial charge on any atom is 0.237 e. The minimum absolute atomic E-state index is 0.0215. The van der Waals surface area contributed by atoms with E-state index < -0.39 is 0 Å². The Hall–Kier alpha value is -2.64. The first-order chi connectivity index (χ1) is 16.2. The fourth-order valence-corrected chi connectivity index (χ4v) is 6.38. The second-order valence-electron chi connectivity index (χ2n) is 8.85. The van der Waals surface area contributed by atoms with Crippen molar-refractivity contribution in [2.75, 3.05) is 33.9 Å². The molecule has 1 amide bonds. The van der Waals surface area contributed by atoms with E-state index in [1.54, 1.807) is 25.6 Å². The number of likely N-dealkylation sites (tertiary alicyclic amines) is 2. The number of nitrogens with zero attached hydrogens (tertiary/aromatic N) is 3. The Kier molecular flexibility index (Phi) is 6.51. The molecule has 7 heteroatoms. The summed E-state index contributed by atoms with van der Waals surface area (Å²) in [6.07, 6.45) is 5.30. The zero-order valence-corrected chi connectivity index (χ0v) is 20.1. The predicted molar refractivity (Wildman–Crippen MR) is 131 cm³/mol. The molecule has 0 bridgehead atoms. The Balaban J connectivity index is 1.36. The standard InChI is InChI=1S/C26H31N3O3S/c1-31-18-12-13-23(32-2)19(16-18)21-10-7-15-29(21)25(30)17-28-14-6-5-9-22(28)26-27-20-8-3-4-11-24(20)33-26/h3-4,8,11-13,16,21-22H,5-7,9-10,14-15,17H2,1-2H3/t21-,22+/m1/s1. The van der Waals surface area contributed by atoms with Crippen molar-refractivity contribution in [3.05, 3.63) is 53.0 Å². The second-order valence-corrected chi connectivity index (χ2v) is 9.92. The lowest BCUT2D eigenvalue weighted by Gasteiger charge is -2.36. The van der Waals surface area contributed by atoms with Gasteiger partial charge in [-0.15, -0.1) is 11.3 Å². The summed E-state index contributed by atoms with van der Waals surface area (Å²) in [5.41, 5.74) is 2.09. The molecule has 0 spiro atoms. The number of piperidine rings is 1. The maximum absolute atomic E-state index is 13.6. The molecule has 2 saturated heterocycles. The average molecular weight is 466 g/mol. The van der Waals surface area contributed by atoms with Gasteiger partial charge in [-0.1, -0.05) is 18.6 Å². The third-order valence-corrected chi connectivity index (χ3v) is 8.05. The highest BCUT2D eigenvalue weighted by atomic mass is 32.1. The number of thiazole rings is 1. The normalized spacial score (nSPS) is 21.5. The van der Waals surface area contributed by atoms with Crippen molar-refractivity contribution in [2.45, 2.75) is 44.2 Å². The van der Waals surface area contributed by atoms with Crippen LogP contribution in [0.2, 0.25) is 0 Å². The molecule has 2 aliphatic rings. The topological polar surface area (TPSA) is 54.9 Å². The van der Waals surface area contributed by atoms with Crippen molar-refractivity contribution in [2.24, 2.45) is 0 Å². The molecule has 1 aromatic heterocycles. The summed E-state index contributed by atoms with van der Waals surface area (Å²) in [4.78, 5) is 22.9. The van der Waals surface area contributed by atoms with Gasteiger partial charge in [0.15, 0.2) is 0 Å². The van der Waals surface area contributed by atoms with Gasteiger partial charge in [0.25, 0.3) is 0 Å². The molecule has 2 aromatic carbocycles. The number of amides is 1. The number of benzene rings is 2. The number of rotatable bonds is 6. The third kappa shape index (κ3) is 4.44. The van der Waals surface area contributed by atoms with E-state index in [9.17, 15) is 4.79 Å². The molecule has 3 heterocycles. The van der Waals surface area contributed by atoms with E-state index in [1.165, 1.54) is 11.1 Å². The summed E-state index contributed by atoms with van der Waals surface area (Å²) < 4.78 is 12.3. The molecule has 2 fully saturated rings. The van der Waals surface area contributed by atoms with Crippen LogP contribution >= 0.6 is 11.3 Å². The molecule has 5 rings (SSSR count). The number of fused-ring (bicyclic) bond motifs is 1. The van der Waals surface area contributed by atoms with Crippen molar-refractivity contribution in [1.29, 1.82) is 0 Å². The van der Waals surface area contributed by atoms with Gasteiger partial charge in [-0.25, -0.2) is 4.98 Å². The lowest BCUT2D eigenvalue weighted by atomic mass is 10.0.